The molecule has 0 aromatic rings. The van der Waals surface area contributed by atoms with E-state index in [0.29, 0.717) is 6.42 Å². The smallest absolute Gasteiger partial charge is 0.326 e. The Morgan fingerprint density at radius 2 is 2.05 bits per heavy atom. The van der Waals surface area contributed by atoms with Gasteiger partial charge in [0.2, 0.25) is 5.91 Å². The van der Waals surface area contributed by atoms with Crippen LogP contribution in [0.4, 0.5) is 0 Å². The number of hydrogen-bond donors (Lipinski definition) is 3. The molecule has 3 N–H and O–H groups in total. The number of hydrogen-bond acceptors (Lipinski definition) is 5. The van der Waals surface area contributed by atoms with Crippen LogP contribution in [0.1, 0.15) is 40.0 Å². The summed E-state index contributed by atoms with van der Waals surface area (Å²) < 4.78 is 5.06. The van der Waals surface area contributed by atoms with Gasteiger partial charge in [0.1, 0.15) is 11.6 Å². The first-order valence-electron chi connectivity index (χ1n) is 6.67. The first kappa shape index (κ1) is 16.4. The number of carboxylic acids is 1. The maximum Gasteiger partial charge on any atom is 0.326 e. The maximum atomic E-state index is 11.8. The minimum atomic E-state index is -1.26. The van der Waals surface area contributed by atoms with Crippen LogP contribution in [0.5, 0.6) is 0 Å². The first-order chi connectivity index (χ1) is 9.19. The van der Waals surface area contributed by atoms with Crippen LogP contribution in [0.25, 0.3) is 0 Å². The largest absolute Gasteiger partial charge is 0.480 e. The number of rotatable bonds is 5. The monoisotopic (exact) mass is 286 g/mol. The summed E-state index contributed by atoms with van der Waals surface area (Å²) in [6.45, 7) is 5.83. The summed E-state index contributed by atoms with van der Waals surface area (Å²) in [5.74, 6) is -2.29. The minimum absolute atomic E-state index is 0.379. The summed E-state index contributed by atoms with van der Waals surface area (Å²) in [6, 6.07) is -1.64. The van der Waals surface area contributed by atoms with E-state index in [1.54, 1.807) is 20.8 Å². The zero-order chi connectivity index (χ0) is 15.3. The number of carbonyl (C=O) groups is 3. The van der Waals surface area contributed by atoms with Crippen molar-refractivity contribution in [1.29, 1.82) is 0 Å². The van der Waals surface area contributed by atoms with Gasteiger partial charge in [0.25, 0.3) is 0 Å². The van der Waals surface area contributed by atoms with E-state index in [4.69, 9.17) is 9.84 Å². The molecule has 1 rings (SSSR count). The van der Waals surface area contributed by atoms with Crippen LogP contribution in [-0.4, -0.2) is 47.2 Å². The van der Waals surface area contributed by atoms with Crippen molar-refractivity contribution in [3.63, 3.8) is 0 Å². The molecule has 1 fully saturated rings. The molecule has 1 amide bonds. The summed E-state index contributed by atoms with van der Waals surface area (Å²) in [7, 11) is 0. The number of amides is 1. The van der Waals surface area contributed by atoms with Crippen LogP contribution in [-0.2, 0) is 19.1 Å². The molecular formula is C13H22N2O5. The van der Waals surface area contributed by atoms with Crippen molar-refractivity contribution >= 4 is 17.8 Å². The number of carbonyl (C=O) groups excluding carboxylic acids is 2. The summed E-state index contributed by atoms with van der Waals surface area (Å²) in [4.78, 5) is 34.6. The lowest BCUT2D eigenvalue weighted by Gasteiger charge is -2.22. The molecule has 7 nitrogen and oxygen atoms in total. The van der Waals surface area contributed by atoms with E-state index < -0.39 is 29.5 Å². The van der Waals surface area contributed by atoms with Crippen LogP contribution < -0.4 is 10.6 Å². The molecule has 0 aliphatic carbocycles. The number of aliphatic carboxylic acids is 1. The zero-order valence-electron chi connectivity index (χ0n) is 12.1. The Hall–Kier alpha value is -1.63. The minimum Gasteiger partial charge on any atom is -0.480 e. The lowest BCUT2D eigenvalue weighted by atomic mass is 10.1. The van der Waals surface area contributed by atoms with Gasteiger partial charge in [0.15, 0.2) is 0 Å². The van der Waals surface area contributed by atoms with Gasteiger partial charge >= 0.3 is 11.9 Å². The van der Waals surface area contributed by atoms with Crippen molar-refractivity contribution in [2.75, 3.05) is 6.54 Å². The van der Waals surface area contributed by atoms with Crippen LogP contribution in [0.15, 0.2) is 0 Å². The van der Waals surface area contributed by atoms with E-state index >= 15 is 0 Å². The summed E-state index contributed by atoms with van der Waals surface area (Å²) in [5.41, 5.74) is -0.683. The van der Waals surface area contributed by atoms with Crippen molar-refractivity contribution in [2.24, 2.45) is 0 Å². The Balaban J connectivity index is 2.54. The summed E-state index contributed by atoms with van der Waals surface area (Å²) in [6.07, 6.45) is 1.16. The molecule has 1 aliphatic heterocycles. The predicted octanol–water partition coefficient (Wildman–Crippen LogP) is 0.0396. The average molecular weight is 286 g/mol. The molecule has 0 aromatic heterocycles. The molecule has 20 heavy (non-hydrogen) atoms. The molecule has 1 heterocycles. The van der Waals surface area contributed by atoms with E-state index in [2.05, 4.69) is 10.6 Å². The summed E-state index contributed by atoms with van der Waals surface area (Å²) >= 11 is 0. The number of esters is 1. The Morgan fingerprint density at radius 1 is 1.40 bits per heavy atom. The third-order valence-corrected chi connectivity index (χ3v) is 2.78. The molecule has 1 aliphatic rings. The standard InChI is InChI=1S/C13H22N2O5/c1-13(2,3)20-10(16)7-9(12(18)19)15-11(17)8-5-4-6-14-8/h8-9,14H,4-7H2,1-3H3,(H,15,17)(H,18,19)/t8-,9+/m1/s1. The normalized spacial score (nSPS) is 20.2. The van der Waals surface area contributed by atoms with E-state index in [0.717, 1.165) is 13.0 Å². The van der Waals surface area contributed by atoms with Gasteiger partial charge in [-0.05, 0) is 40.2 Å². The lowest BCUT2D eigenvalue weighted by Crippen LogP contribution is -2.49. The van der Waals surface area contributed by atoms with Crippen molar-refractivity contribution in [1.82, 2.24) is 10.6 Å². The molecular weight excluding hydrogens is 264 g/mol. The number of nitrogens with one attached hydrogen (secondary N) is 2. The van der Waals surface area contributed by atoms with Crippen molar-refractivity contribution in [3.05, 3.63) is 0 Å². The molecule has 0 unspecified atom stereocenters. The maximum absolute atomic E-state index is 11.8. The molecule has 1 saturated heterocycles. The number of carboxylic acid groups (broad SMARTS) is 1. The van der Waals surface area contributed by atoms with Crippen LogP contribution >= 0.6 is 0 Å². The lowest BCUT2D eigenvalue weighted by molar-refractivity contribution is -0.158. The third kappa shape index (κ3) is 5.56. The quantitative estimate of drug-likeness (QED) is 0.616. The zero-order valence-corrected chi connectivity index (χ0v) is 12.1. The SMILES string of the molecule is CC(C)(C)OC(=O)C[C@H](NC(=O)[C@H]1CCCN1)C(=O)O. The third-order valence-electron chi connectivity index (χ3n) is 2.78. The van der Waals surface area contributed by atoms with Gasteiger partial charge in [-0.15, -0.1) is 0 Å². The van der Waals surface area contributed by atoms with Gasteiger partial charge in [0, 0.05) is 0 Å². The predicted molar refractivity (Wildman–Crippen MR) is 71.1 cm³/mol. The number of ether oxygens (including phenoxy) is 1. The van der Waals surface area contributed by atoms with E-state index in [1.165, 1.54) is 0 Å². The highest BCUT2D eigenvalue weighted by Gasteiger charge is 2.30. The Morgan fingerprint density at radius 3 is 2.50 bits per heavy atom. The van der Waals surface area contributed by atoms with Crippen molar-refractivity contribution in [2.45, 2.75) is 57.7 Å². The molecule has 0 spiro atoms. The molecule has 7 heteroatoms. The second kappa shape index (κ2) is 6.69. The van der Waals surface area contributed by atoms with Gasteiger partial charge in [0.05, 0.1) is 12.5 Å². The average Bonchev–Trinajstić information content (AvgIpc) is 2.78. The Labute approximate surface area is 118 Å². The second-order valence-electron chi connectivity index (χ2n) is 5.84. The van der Waals surface area contributed by atoms with Gasteiger partial charge < -0.3 is 20.5 Å². The van der Waals surface area contributed by atoms with Gasteiger partial charge in [-0.3, -0.25) is 9.59 Å². The first-order valence-corrected chi connectivity index (χ1v) is 6.67. The fourth-order valence-corrected chi connectivity index (χ4v) is 1.93. The Bertz CT molecular complexity index is 383. The van der Waals surface area contributed by atoms with E-state index in [-0.39, 0.29) is 12.5 Å². The van der Waals surface area contributed by atoms with Gasteiger partial charge in [-0.2, -0.15) is 0 Å². The molecule has 114 valence electrons. The molecule has 0 bridgehead atoms. The van der Waals surface area contributed by atoms with Crippen molar-refractivity contribution < 1.29 is 24.2 Å². The van der Waals surface area contributed by atoms with Crippen molar-refractivity contribution in [3.8, 4) is 0 Å². The molecule has 0 saturated carbocycles. The van der Waals surface area contributed by atoms with E-state index in [9.17, 15) is 14.4 Å². The van der Waals surface area contributed by atoms with Crippen LogP contribution in [0.3, 0.4) is 0 Å². The van der Waals surface area contributed by atoms with Crippen LogP contribution in [0, 0.1) is 0 Å². The van der Waals surface area contributed by atoms with Gasteiger partial charge in [-0.1, -0.05) is 0 Å². The highest BCUT2D eigenvalue weighted by atomic mass is 16.6. The second-order valence-corrected chi connectivity index (χ2v) is 5.84. The molecule has 0 aromatic carbocycles. The fraction of sp³-hybridized carbons (Fsp3) is 0.769. The van der Waals surface area contributed by atoms with Crippen LogP contribution in [0.2, 0.25) is 0 Å². The Kier molecular flexibility index (Phi) is 5.50. The highest BCUT2D eigenvalue weighted by molar-refractivity contribution is 5.89. The molecule has 0 radical (unpaired) electrons. The topological polar surface area (TPSA) is 105 Å². The highest BCUT2D eigenvalue weighted by Crippen LogP contribution is 2.10. The van der Waals surface area contributed by atoms with E-state index in [1.807, 2.05) is 0 Å². The summed E-state index contributed by atoms with van der Waals surface area (Å²) in [5, 5.41) is 14.4. The van der Waals surface area contributed by atoms with Gasteiger partial charge in [-0.25, -0.2) is 4.79 Å². The molecule has 2 atom stereocenters. The fourth-order valence-electron chi connectivity index (χ4n) is 1.93.